The number of aryl methyl sites for hydroxylation is 1. The van der Waals surface area contributed by atoms with Gasteiger partial charge in [0, 0.05) is 25.7 Å². The highest BCUT2D eigenvalue weighted by Crippen LogP contribution is 2.13. The summed E-state index contributed by atoms with van der Waals surface area (Å²) in [5, 5.41) is 13.8. The van der Waals surface area contributed by atoms with Crippen LogP contribution in [0.1, 0.15) is 18.4 Å². The minimum Gasteiger partial charge on any atom is -0.391 e. The van der Waals surface area contributed by atoms with E-state index in [9.17, 15) is 9.90 Å². The van der Waals surface area contributed by atoms with Crippen molar-refractivity contribution < 1.29 is 9.90 Å². The molecule has 21 heavy (non-hydrogen) atoms. The van der Waals surface area contributed by atoms with E-state index in [1.54, 1.807) is 11.1 Å². The van der Waals surface area contributed by atoms with E-state index in [0.29, 0.717) is 32.4 Å². The summed E-state index contributed by atoms with van der Waals surface area (Å²) in [4.78, 5) is 13.8. The lowest BCUT2D eigenvalue weighted by Gasteiger charge is -2.14. The van der Waals surface area contributed by atoms with Gasteiger partial charge in [-0.05, 0) is 30.5 Å². The second-order valence-corrected chi connectivity index (χ2v) is 5.41. The molecule has 0 radical (unpaired) electrons. The average molecular weight is 285 g/mol. The van der Waals surface area contributed by atoms with Crippen molar-refractivity contribution >= 4 is 5.91 Å². The number of aliphatic hydroxyl groups excluding tert-OH is 1. The standard InChI is InChI=1S/C16H19N3O2/c20-15-8-9-18(12-15)16(21)7-6-13-10-17-19(11-13)14-4-2-1-3-5-14/h1-5,10-11,15,20H,6-9,12H2/t15-/m1/s1. The number of benzene rings is 1. The second-order valence-electron chi connectivity index (χ2n) is 5.41. The molecular weight excluding hydrogens is 266 g/mol. The summed E-state index contributed by atoms with van der Waals surface area (Å²) in [6.07, 6.45) is 5.25. The molecule has 1 N–H and O–H groups in total. The maximum absolute atomic E-state index is 12.0. The molecular formula is C16H19N3O2. The topological polar surface area (TPSA) is 58.4 Å². The van der Waals surface area contributed by atoms with E-state index in [0.717, 1.165) is 11.3 Å². The maximum atomic E-state index is 12.0. The zero-order valence-electron chi connectivity index (χ0n) is 11.9. The molecule has 1 amide bonds. The first-order valence-electron chi connectivity index (χ1n) is 7.27. The average Bonchev–Trinajstić information content (AvgIpc) is 3.15. The number of aliphatic hydroxyl groups is 1. The molecule has 1 aromatic heterocycles. The van der Waals surface area contributed by atoms with Crippen molar-refractivity contribution in [2.45, 2.75) is 25.4 Å². The molecule has 5 nitrogen and oxygen atoms in total. The van der Waals surface area contributed by atoms with Crippen molar-refractivity contribution in [3.05, 3.63) is 48.3 Å². The lowest BCUT2D eigenvalue weighted by Crippen LogP contribution is -2.29. The molecule has 1 saturated heterocycles. The first kappa shape index (κ1) is 13.8. The molecule has 5 heteroatoms. The van der Waals surface area contributed by atoms with E-state index in [1.165, 1.54) is 0 Å². The Bertz CT molecular complexity index is 609. The molecule has 1 atom stereocenters. The Morgan fingerprint density at radius 1 is 1.33 bits per heavy atom. The molecule has 1 fully saturated rings. The van der Waals surface area contributed by atoms with E-state index in [1.807, 2.05) is 41.2 Å². The number of rotatable bonds is 4. The van der Waals surface area contributed by atoms with Crippen molar-refractivity contribution in [2.24, 2.45) is 0 Å². The van der Waals surface area contributed by atoms with Crippen LogP contribution >= 0.6 is 0 Å². The van der Waals surface area contributed by atoms with Crippen LogP contribution in [0.15, 0.2) is 42.7 Å². The number of hydrogen-bond donors (Lipinski definition) is 1. The number of aromatic nitrogens is 2. The molecule has 0 bridgehead atoms. The second kappa shape index (κ2) is 6.10. The fraction of sp³-hybridized carbons (Fsp3) is 0.375. The predicted molar refractivity (Wildman–Crippen MR) is 79.1 cm³/mol. The normalized spacial score (nSPS) is 18.1. The monoisotopic (exact) mass is 285 g/mol. The van der Waals surface area contributed by atoms with Crippen LogP contribution in [0.25, 0.3) is 5.69 Å². The Kier molecular flexibility index (Phi) is 4.01. The van der Waals surface area contributed by atoms with Gasteiger partial charge in [-0.25, -0.2) is 4.68 Å². The molecule has 110 valence electrons. The van der Waals surface area contributed by atoms with Crippen LogP contribution in [0, 0.1) is 0 Å². The lowest BCUT2D eigenvalue weighted by atomic mass is 10.2. The first-order chi connectivity index (χ1) is 10.2. The summed E-state index contributed by atoms with van der Waals surface area (Å²) >= 11 is 0. The van der Waals surface area contributed by atoms with E-state index in [-0.39, 0.29) is 12.0 Å². The minimum absolute atomic E-state index is 0.110. The quantitative estimate of drug-likeness (QED) is 0.923. The molecule has 2 heterocycles. The van der Waals surface area contributed by atoms with Gasteiger partial charge in [-0.2, -0.15) is 5.10 Å². The van der Waals surface area contributed by atoms with Crippen molar-refractivity contribution in [1.29, 1.82) is 0 Å². The Morgan fingerprint density at radius 2 is 2.14 bits per heavy atom. The summed E-state index contributed by atoms with van der Waals surface area (Å²) in [6.45, 7) is 1.14. The lowest BCUT2D eigenvalue weighted by molar-refractivity contribution is -0.130. The number of likely N-dealkylation sites (tertiary alicyclic amines) is 1. The summed E-state index contributed by atoms with van der Waals surface area (Å²) < 4.78 is 1.82. The first-order valence-corrected chi connectivity index (χ1v) is 7.27. The van der Waals surface area contributed by atoms with Gasteiger partial charge in [0.25, 0.3) is 0 Å². The number of carbonyl (C=O) groups is 1. The van der Waals surface area contributed by atoms with Crippen LogP contribution in [0.3, 0.4) is 0 Å². The molecule has 0 unspecified atom stereocenters. The van der Waals surface area contributed by atoms with Gasteiger partial charge >= 0.3 is 0 Å². The summed E-state index contributed by atoms with van der Waals surface area (Å²) in [5.41, 5.74) is 2.06. The van der Waals surface area contributed by atoms with Crippen LogP contribution in [-0.4, -0.2) is 44.9 Å². The molecule has 1 aliphatic rings. The number of β-amino-alcohol motifs (C(OH)–C–C–N with tert-alkyl or cyclic N) is 1. The molecule has 0 spiro atoms. The Labute approximate surface area is 123 Å². The summed E-state index contributed by atoms with van der Waals surface area (Å²) in [7, 11) is 0. The Balaban J connectivity index is 1.57. The highest BCUT2D eigenvalue weighted by molar-refractivity contribution is 5.76. The third kappa shape index (κ3) is 3.31. The summed E-state index contributed by atoms with van der Waals surface area (Å²) in [6, 6.07) is 9.90. The van der Waals surface area contributed by atoms with E-state index < -0.39 is 0 Å². The fourth-order valence-corrected chi connectivity index (χ4v) is 2.59. The van der Waals surface area contributed by atoms with Gasteiger partial charge in [0.05, 0.1) is 18.0 Å². The van der Waals surface area contributed by atoms with E-state index >= 15 is 0 Å². The Hall–Kier alpha value is -2.14. The van der Waals surface area contributed by atoms with Crippen molar-refractivity contribution in [1.82, 2.24) is 14.7 Å². The number of carbonyl (C=O) groups excluding carboxylic acids is 1. The molecule has 1 aromatic carbocycles. The highest BCUT2D eigenvalue weighted by atomic mass is 16.3. The number of hydrogen-bond acceptors (Lipinski definition) is 3. The zero-order chi connectivity index (χ0) is 14.7. The Morgan fingerprint density at radius 3 is 2.86 bits per heavy atom. The van der Waals surface area contributed by atoms with Gasteiger partial charge in [0.2, 0.25) is 5.91 Å². The van der Waals surface area contributed by atoms with E-state index in [2.05, 4.69) is 5.10 Å². The van der Waals surface area contributed by atoms with Crippen LogP contribution in [0.2, 0.25) is 0 Å². The van der Waals surface area contributed by atoms with Crippen LogP contribution in [-0.2, 0) is 11.2 Å². The highest BCUT2D eigenvalue weighted by Gasteiger charge is 2.24. The van der Waals surface area contributed by atoms with Crippen LogP contribution < -0.4 is 0 Å². The third-order valence-electron chi connectivity index (χ3n) is 3.80. The van der Waals surface area contributed by atoms with Crippen LogP contribution in [0.4, 0.5) is 0 Å². The largest absolute Gasteiger partial charge is 0.391 e. The number of amides is 1. The molecule has 2 aromatic rings. The van der Waals surface area contributed by atoms with Crippen molar-refractivity contribution in [3.8, 4) is 5.69 Å². The molecule has 0 aliphatic carbocycles. The van der Waals surface area contributed by atoms with Gasteiger partial charge in [-0.3, -0.25) is 4.79 Å². The molecule has 3 rings (SSSR count). The van der Waals surface area contributed by atoms with Crippen molar-refractivity contribution in [2.75, 3.05) is 13.1 Å². The minimum atomic E-state index is -0.352. The smallest absolute Gasteiger partial charge is 0.222 e. The summed E-state index contributed by atoms with van der Waals surface area (Å²) in [5.74, 6) is 0.110. The SMILES string of the molecule is O=C(CCc1cnn(-c2ccccc2)c1)N1CC[C@@H](O)C1. The van der Waals surface area contributed by atoms with Gasteiger partial charge < -0.3 is 10.0 Å². The molecule has 1 aliphatic heterocycles. The number of para-hydroxylation sites is 1. The fourth-order valence-electron chi connectivity index (χ4n) is 2.59. The van der Waals surface area contributed by atoms with E-state index in [4.69, 9.17) is 0 Å². The van der Waals surface area contributed by atoms with Crippen LogP contribution in [0.5, 0.6) is 0 Å². The van der Waals surface area contributed by atoms with Gasteiger partial charge in [0.1, 0.15) is 0 Å². The van der Waals surface area contributed by atoms with Gasteiger partial charge in [-0.1, -0.05) is 18.2 Å². The maximum Gasteiger partial charge on any atom is 0.222 e. The molecule has 0 saturated carbocycles. The predicted octanol–water partition coefficient (Wildman–Crippen LogP) is 1.40. The van der Waals surface area contributed by atoms with Crippen molar-refractivity contribution in [3.63, 3.8) is 0 Å². The van der Waals surface area contributed by atoms with Gasteiger partial charge in [-0.15, -0.1) is 0 Å². The third-order valence-corrected chi connectivity index (χ3v) is 3.80. The number of nitrogens with zero attached hydrogens (tertiary/aromatic N) is 3. The van der Waals surface area contributed by atoms with Gasteiger partial charge in [0.15, 0.2) is 0 Å². The zero-order valence-corrected chi connectivity index (χ0v) is 11.9.